The molecule has 0 atom stereocenters. The van der Waals surface area contributed by atoms with E-state index in [0.29, 0.717) is 38.0 Å². The zero-order valence-electron chi connectivity index (χ0n) is 19.0. The lowest BCUT2D eigenvalue weighted by atomic mass is 10.2. The van der Waals surface area contributed by atoms with Crippen molar-refractivity contribution in [3.05, 3.63) is 89.3 Å². The number of thioether (sulfide) groups is 1. The van der Waals surface area contributed by atoms with Crippen molar-refractivity contribution in [2.75, 3.05) is 7.11 Å². The van der Waals surface area contributed by atoms with Gasteiger partial charge in [-0.05, 0) is 94.5 Å². The molecule has 12 heteroatoms. The minimum atomic E-state index is -1.12. The molecule has 2 N–H and O–H groups in total. The van der Waals surface area contributed by atoms with Crippen LogP contribution in [0.3, 0.4) is 0 Å². The number of methoxy groups -OCH3 is 1. The fourth-order valence-electron chi connectivity index (χ4n) is 3.17. The molecular weight excluding hydrogens is 672 g/mol. The number of benzene rings is 3. The van der Waals surface area contributed by atoms with E-state index in [1.165, 1.54) is 13.2 Å². The van der Waals surface area contributed by atoms with Crippen LogP contribution in [0.1, 0.15) is 11.1 Å². The minimum Gasteiger partial charge on any atom is -0.493 e. The lowest BCUT2D eigenvalue weighted by Gasteiger charge is -2.14. The smallest absolute Gasteiger partial charge is 0.342 e. The van der Waals surface area contributed by atoms with Gasteiger partial charge in [0.1, 0.15) is 11.5 Å². The summed E-state index contributed by atoms with van der Waals surface area (Å²) in [6.45, 7) is 0.203. The average molecular weight is 689 g/mol. The minimum absolute atomic E-state index is 0.0288. The van der Waals surface area contributed by atoms with Gasteiger partial charge in [-0.2, -0.15) is 0 Å². The standard InChI is InChI=1S/C25H17Cl3IN3O4S/c1-35-20-9-13(8-19(29)22(20)36-12-15-4-7-17(27)11-18(15)28)10-21(24(33)34)37-25-30-23(31-32-25)14-2-5-16(26)6-3-14/h2-11H,12H2,1H3,(H,33,34)(H,30,31,32)/b21-10-. The molecule has 1 heterocycles. The number of carboxylic acids is 1. The van der Waals surface area contributed by atoms with Crippen LogP contribution >= 0.6 is 69.2 Å². The van der Waals surface area contributed by atoms with E-state index in [1.54, 1.807) is 54.6 Å². The van der Waals surface area contributed by atoms with Crippen LogP contribution in [0.15, 0.2) is 64.7 Å². The first kappa shape index (κ1) is 27.6. The Bertz CT molecular complexity index is 1480. The van der Waals surface area contributed by atoms with Crippen LogP contribution in [0.2, 0.25) is 15.1 Å². The number of nitrogens with zero attached hydrogens (tertiary/aromatic N) is 2. The summed E-state index contributed by atoms with van der Waals surface area (Å²) in [6.07, 6.45) is 1.52. The third-order valence-electron chi connectivity index (χ3n) is 4.93. The number of hydrogen-bond acceptors (Lipinski definition) is 6. The van der Waals surface area contributed by atoms with E-state index in [0.717, 1.165) is 26.5 Å². The van der Waals surface area contributed by atoms with Crippen molar-refractivity contribution in [2.45, 2.75) is 11.8 Å². The summed E-state index contributed by atoms with van der Waals surface area (Å²) in [6, 6.07) is 15.7. The molecule has 0 spiro atoms. The average Bonchev–Trinajstić information content (AvgIpc) is 3.32. The summed E-state index contributed by atoms with van der Waals surface area (Å²) in [5.41, 5.74) is 2.15. The zero-order chi connectivity index (χ0) is 26.5. The molecule has 4 aromatic rings. The molecule has 4 rings (SSSR count). The monoisotopic (exact) mass is 687 g/mol. The zero-order valence-corrected chi connectivity index (χ0v) is 24.2. The Morgan fingerprint density at radius 3 is 2.51 bits per heavy atom. The Morgan fingerprint density at radius 1 is 1.11 bits per heavy atom. The van der Waals surface area contributed by atoms with Gasteiger partial charge in [0, 0.05) is 26.2 Å². The number of hydrogen-bond donors (Lipinski definition) is 2. The first-order chi connectivity index (χ1) is 17.7. The van der Waals surface area contributed by atoms with E-state index in [9.17, 15) is 9.90 Å². The highest BCUT2D eigenvalue weighted by atomic mass is 127. The van der Waals surface area contributed by atoms with Gasteiger partial charge < -0.3 is 14.6 Å². The van der Waals surface area contributed by atoms with E-state index in [-0.39, 0.29) is 16.7 Å². The Balaban J connectivity index is 1.55. The molecule has 0 fully saturated rings. The van der Waals surface area contributed by atoms with Crippen molar-refractivity contribution >= 4 is 81.2 Å². The summed E-state index contributed by atoms with van der Waals surface area (Å²) in [5, 5.41) is 18.7. The van der Waals surface area contributed by atoms with Crippen molar-refractivity contribution in [3.8, 4) is 22.9 Å². The highest BCUT2D eigenvalue weighted by Gasteiger charge is 2.17. The summed E-state index contributed by atoms with van der Waals surface area (Å²) >= 11 is 21.2. The van der Waals surface area contributed by atoms with Gasteiger partial charge in [-0.1, -0.05) is 40.9 Å². The fraction of sp³-hybridized carbons (Fsp3) is 0.0800. The maximum Gasteiger partial charge on any atom is 0.342 e. The van der Waals surface area contributed by atoms with Crippen LogP contribution in [0.4, 0.5) is 0 Å². The van der Waals surface area contributed by atoms with Crippen molar-refractivity contribution in [1.29, 1.82) is 0 Å². The van der Waals surface area contributed by atoms with Crippen LogP contribution in [0.25, 0.3) is 17.5 Å². The normalized spacial score (nSPS) is 11.4. The summed E-state index contributed by atoms with van der Waals surface area (Å²) < 4.78 is 12.2. The molecule has 190 valence electrons. The largest absolute Gasteiger partial charge is 0.493 e. The number of aromatic nitrogens is 3. The molecule has 37 heavy (non-hydrogen) atoms. The topological polar surface area (TPSA) is 97.3 Å². The van der Waals surface area contributed by atoms with E-state index < -0.39 is 5.97 Å². The van der Waals surface area contributed by atoms with Crippen molar-refractivity contribution < 1.29 is 19.4 Å². The number of carboxylic acid groups (broad SMARTS) is 1. The van der Waals surface area contributed by atoms with Gasteiger partial charge in [-0.3, -0.25) is 5.10 Å². The molecular formula is C25H17Cl3IN3O4S. The molecule has 0 aliphatic carbocycles. The molecule has 7 nitrogen and oxygen atoms in total. The molecule has 0 saturated heterocycles. The Kier molecular flexibility index (Phi) is 9.25. The van der Waals surface area contributed by atoms with Gasteiger partial charge in [0.15, 0.2) is 17.3 Å². The SMILES string of the molecule is COc1cc(/C=C(\Sc2n[nH]c(-c3ccc(Cl)cc3)n2)C(=O)O)cc(I)c1OCc1ccc(Cl)cc1Cl. The molecule has 0 unspecified atom stereocenters. The molecule has 3 aromatic carbocycles. The Hall–Kier alpha value is -2.44. The molecule has 0 saturated carbocycles. The fourth-order valence-corrected chi connectivity index (χ4v) is 5.24. The number of H-pyrrole nitrogens is 1. The van der Waals surface area contributed by atoms with E-state index in [4.69, 9.17) is 44.3 Å². The molecule has 0 aliphatic rings. The van der Waals surface area contributed by atoms with E-state index in [2.05, 4.69) is 37.8 Å². The Morgan fingerprint density at radius 2 is 1.84 bits per heavy atom. The summed E-state index contributed by atoms with van der Waals surface area (Å²) in [5.74, 6) is 0.343. The lowest BCUT2D eigenvalue weighted by molar-refractivity contribution is -0.131. The first-order valence-electron chi connectivity index (χ1n) is 10.5. The van der Waals surface area contributed by atoms with Crippen LogP contribution < -0.4 is 9.47 Å². The number of aliphatic carboxylic acids is 1. The second-order valence-electron chi connectivity index (χ2n) is 7.45. The number of nitrogens with one attached hydrogen (secondary N) is 1. The molecule has 1 aromatic heterocycles. The number of ether oxygens (including phenoxy) is 2. The second kappa shape index (κ2) is 12.4. The number of rotatable bonds is 9. The van der Waals surface area contributed by atoms with E-state index in [1.807, 2.05) is 0 Å². The van der Waals surface area contributed by atoms with Gasteiger partial charge in [0.2, 0.25) is 5.16 Å². The molecule has 0 bridgehead atoms. The number of aromatic amines is 1. The lowest BCUT2D eigenvalue weighted by Crippen LogP contribution is -2.01. The third kappa shape index (κ3) is 7.11. The maximum absolute atomic E-state index is 12.0. The van der Waals surface area contributed by atoms with E-state index >= 15 is 0 Å². The molecule has 0 aliphatic heterocycles. The molecule has 0 radical (unpaired) electrons. The van der Waals surface area contributed by atoms with Crippen LogP contribution in [0, 0.1) is 3.57 Å². The van der Waals surface area contributed by atoms with Crippen molar-refractivity contribution in [3.63, 3.8) is 0 Å². The summed E-state index contributed by atoms with van der Waals surface area (Å²) in [7, 11) is 1.51. The quantitative estimate of drug-likeness (QED) is 0.105. The second-order valence-corrected chi connectivity index (χ2v) is 10.9. The predicted octanol–water partition coefficient (Wildman–Crippen LogP) is 7.84. The third-order valence-corrected chi connectivity index (χ3v) is 7.45. The van der Waals surface area contributed by atoms with Crippen LogP contribution in [-0.4, -0.2) is 33.4 Å². The van der Waals surface area contributed by atoms with Crippen molar-refractivity contribution in [2.24, 2.45) is 0 Å². The Labute approximate surface area is 245 Å². The summed E-state index contributed by atoms with van der Waals surface area (Å²) in [4.78, 5) is 16.4. The van der Waals surface area contributed by atoms with Crippen LogP contribution in [0.5, 0.6) is 11.5 Å². The molecule has 0 amide bonds. The highest BCUT2D eigenvalue weighted by molar-refractivity contribution is 14.1. The predicted molar refractivity (Wildman–Crippen MR) is 155 cm³/mol. The van der Waals surface area contributed by atoms with Gasteiger partial charge in [-0.15, -0.1) is 5.10 Å². The highest BCUT2D eigenvalue weighted by Crippen LogP contribution is 2.37. The van der Waals surface area contributed by atoms with Gasteiger partial charge in [0.25, 0.3) is 0 Å². The first-order valence-corrected chi connectivity index (χ1v) is 13.5. The van der Waals surface area contributed by atoms with Crippen LogP contribution in [-0.2, 0) is 11.4 Å². The maximum atomic E-state index is 12.0. The van der Waals surface area contributed by atoms with Gasteiger partial charge in [0.05, 0.1) is 10.7 Å². The van der Waals surface area contributed by atoms with Crippen molar-refractivity contribution in [1.82, 2.24) is 15.2 Å². The van der Waals surface area contributed by atoms with Gasteiger partial charge in [-0.25, -0.2) is 9.78 Å². The van der Waals surface area contributed by atoms with Gasteiger partial charge >= 0.3 is 5.97 Å². The number of carbonyl (C=O) groups is 1. The number of halogens is 4.